The average molecular weight is 501 g/mol. The number of primary amides is 1. The van der Waals surface area contributed by atoms with Gasteiger partial charge in [-0.15, -0.1) is 16.4 Å². The van der Waals surface area contributed by atoms with E-state index in [1.807, 2.05) is 18.2 Å². The molecule has 0 radical (unpaired) electrons. The number of benzene rings is 2. The maximum atomic E-state index is 14.0. The van der Waals surface area contributed by atoms with Crippen LogP contribution in [0.5, 0.6) is 0 Å². The van der Waals surface area contributed by atoms with Crippen LogP contribution in [0.4, 0.5) is 13.2 Å². The molecule has 2 aromatic heterocycles. The zero-order valence-corrected chi connectivity index (χ0v) is 19.4. The first-order valence-electron chi connectivity index (χ1n) is 11.3. The van der Waals surface area contributed by atoms with Crippen molar-refractivity contribution in [3.8, 4) is 0 Å². The Kier molecular flexibility index (Phi) is 5.88. The summed E-state index contributed by atoms with van der Waals surface area (Å²) in [6.07, 6.45) is 0.420. The van der Waals surface area contributed by atoms with Crippen LogP contribution in [0, 0.1) is 0 Å². The van der Waals surface area contributed by atoms with Crippen LogP contribution >= 0.6 is 11.3 Å². The predicted molar refractivity (Wildman–Crippen MR) is 126 cm³/mol. The standard InChI is InChI=1S/C25H23F3N4O2S/c26-25(27,28)24(34,17-8-2-1-3-9-17)20-14-32(31-30-20)13-15-10-11-18-19(12-15)35-22(23(29)33)21(18)16-6-4-5-7-16/h1-3,8-12,14,16,34H,4-7,13H2,(H2,29,33). The number of amides is 1. The van der Waals surface area contributed by atoms with Gasteiger partial charge in [-0.1, -0.05) is 60.5 Å². The number of hydrogen-bond acceptors (Lipinski definition) is 5. The monoisotopic (exact) mass is 500 g/mol. The molecule has 1 atom stereocenters. The third-order valence-corrected chi connectivity index (χ3v) is 7.82. The average Bonchev–Trinajstić information content (AvgIpc) is 3.57. The molecule has 5 rings (SSSR count). The summed E-state index contributed by atoms with van der Waals surface area (Å²) in [5.41, 5.74) is 3.24. The molecule has 182 valence electrons. The number of hydrogen-bond donors (Lipinski definition) is 2. The lowest BCUT2D eigenvalue weighted by atomic mass is 9.90. The second-order valence-corrected chi connectivity index (χ2v) is 9.95. The minimum atomic E-state index is -4.99. The highest BCUT2D eigenvalue weighted by Gasteiger charge is 2.58. The quantitative estimate of drug-likeness (QED) is 0.385. The zero-order chi connectivity index (χ0) is 24.8. The van der Waals surface area contributed by atoms with E-state index in [0.29, 0.717) is 10.8 Å². The van der Waals surface area contributed by atoms with Gasteiger partial charge in [0.15, 0.2) is 0 Å². The van der Waals surface area contributed by atoms with Crippen molar-refractivity contribution in [1.29, 1.82) is 0 Å². The minimum Gasteiger partial charge on any atom is -0.371 e. The maximum Gasteiger partial charge on any atom is 0.427 e. The largest absolute Gasteiger partial charge is 0.427 e. The molecule has 1 fully saturated rings. The number of carbonyl (C=O) groups is 1. The molecule has 1 unspecified atom stereocenters. The normalized spacial score (nSPS) is 16.6. The lowest BCUT2D eigenvalue weighted by molar-refractivity contribution is -0.249. The highest BCUT2D eigenvalue weighted by Crippen LogP contribution is 2.44. The number of rotatable bonds is 6. The van der Waals surface area contributed by atoms with Crippen molar-refractivity contribution < 1.29 is 23.1 Å². The van der Waals surface area contributed by atoms with Crippen LogP contribution in [0.15, 0.2) is 54.7 Å². The summed E-state index contributed by atoms with van der Waals surface area (Å²) in [5.74, 6) is -0.129. The van der Waals surface area contributed by atoms with Crippen LogP contribution in [-0.2, 0) is 12.1 Å². The molecule has 3 N–H and O–H groups in total. The van der Waals surface area contributed by atoms with Crippen molar-refractivity contribution in [2.75, 3.05) is 0 Å². The summed E-state index contributed by atoms with van der Waals surface area (Å²) in [6, 6.07) is 12.5. The van der Waals surface area contributed by atoms with Crippen molar-refractivity contribution >= 4 is 27.3 Å². The summed E-state index contributed by atoms with van der Waals surface area (Å²) in [5, 5.41) is 19.2. The molecule has 1 saturated carbocycles. The molecule has 6 nitrogen and oxygen atoms in total. The number of nitrogens with two attached hydrogens (primary N) is 1. The number of alkyl halides is 3. The van der Waals surface area contributed by atoms with Crippen LogP contribution in [-0.4, -0.2) is 32.2 Å². The van der Waals surface area contributed by atoms with Crippen LogP contribution in [0.25, 0.3) is 10.1 Å². The number of carbonyl (C=O) groups excluding carboxylic acids is 1. The Balaban J connectivity index is 1.47. The van der Waals surface area contributed by atoms with E-state index < -0.39 is 23.4 Å². The molecule has 1 aliphatic carbocycles. The van der Waals surface area contributed by atoms with Gasteiger partial charge in [0.25, 0.3) is 5.91 Å². The Hall–Kier alpha value is -3.24. The summed E-state index contributed by atoms with van der Waals surface area (Å²) < 4.78 is 44.0. The summed E-state index contributed by atoms with van der Waals surface area (Å²) in [4.78, 5) is 12.7. The fraction of sp³-hybridized carbons (Fsp3) is 0.320. The number of fused-ring (bicyclic) bond motifs is 1. The van der Waals surface area contributed by atoms with Gasteiger partial charge in [-0.25, -0.2) is 4.68 Å². The number of aromatic nitrogens is 3. The SMILES string of the molecule is NC(=O)c1sc2cc(Cn3cc(C(O)(c4ccccc4)C(F)(F)F)nn3)ccc2c1C1CCCC1. The van der Waals surface area contributed by atoms with Crippen LogP contribution in [0.2, 0.25) is 0 Å². The Morgan fingerprint density at radius 3 is 2.51 bits per heavy atom. The summed E-state index contributed by atoms with van der Waals surface area (Å²) >= 11 is 1.35. The second kappa shape index (κ2) is 8.76. The lowest BCUT2D eigenvalue weighted by Gasteiger charge is -2.28. The van der Waals surface area contributed by atoms with Crippen molar-refractivity contribution in [3.05, 3.63) is 82.0 Å². The van der Waals surface area contributed by atoms with Crippen molar-refractivity contribution in [1.82, 2.24) is 15.0 Å². The van der Waals surface area contributed by atoms with Gasteiger partial charge in [-0.2, -0.15) is 13.2 Å². The van der Waals surface area contributed by atoms with Crippen molar-refractivity contribution in [2.45, 2.75) is 49.9 Å². The molecule has 2 heterocycles. The first-order valence-corrected chi connectivity index (χ1v) is 12.1. The van der Waals surface area contributed by atoms with E-state index in [-0.39, 0.29) is 12.1 Å². The smallest absolute Gasteiger partial charge is 0.371 e. The number of halogens is 3. The van der Waals surface area contributed by atoms with Crippen molar-refractivity contribution in [2.24, 2.45) is 5.73 Å². The van der Waals surface area contributed by atoms with Gasteiger partial charge >= 0.3 is 6.18 Å². The first-order chi connectivity index (χ1) is 16.7. The van der Waals surface area contributed by atoms with E-state index in [1.165, 1.54) is 40.3 Å². The molecule has 10 heteroatoms. The molecule has 0 saturated heterocycles. The van der Waals surface area contributed by atoms with Gasteiger partial charge < -0.3 is 10.8 Å². The van der Waals surface area contributed by atoms with Crippen molar-refractivity contribution in [3.63, 3.8) is 0 Å². The minimum absolute atomic E-state index is 0.147. The van der Waals surface area contributed by atoms with Gasteiger partial charge in [0, 0.05) is 4.70 Å². The van der Waals surface area contributed by atoms with Gasteiger partial charge in [0.2, 0.25) is 5.60 Å². The number of thiophene rings is 1. The van der Waals surface area contributed by atoms with E-state index in [4.69, 9.17) is 5.73 Å². The van der Waals surface area contributed by atoms with E-state index in [1.54, 1.807) is 6.07 Å². The number of nitrogens with zero attached hydrogens (tertiary/aromatic N) is 3. The van der Waals surface area contributed by atoms with Crippen LogP contribution in [0.3, 0.4) is 0 Å². The topological polar surface area (TPSA) is 94.0 Å². The fourth-order valence-corrected chi connectivity index (χ4v) is 6.13. The molecule has 1 aliphatic rings. The van der Waals surface area contributed by atoms with Gasteiger partial charge in [-0.05, 0) is 46.9 Å². The maximum absolute atomic E-state index is 14.0. The molecule has 4 aromatic rings. The molecule has 0 spiro atoms. The third-order valence-electron chi connectivity index (χ3n) is 6.64. The first kappa shape index (κ1) is 23.5. The van der Waals surface area contributed by atoms with E-state index in [0.717, 1.165) is 53.1 Å². The fourth-order valence-electron chi connectivity index (χ4n) is 4.93. The van der Waals surface area contributed by atoms with E-state index in [9.17, 15) is 23.1 Å². The van der Waals surface area contributed by atoms with Crippen LogP contribution in [0.1, 0.15) is 63.7 Å². The molecule has 2 aromatic carbocycles. The summed E-state index contributed by atoms with van der Waals surface area (Å²) in [6.45, 7) is 0.147. The number of aliphatic hydroxyl groups is 1. The third kappa shape index (κ3) is 4.10. The van der Waals surface area contributed by atoms with E-state index >= 15 is 0 Å². The molecule has 0 aliphatic heterocycles. The second-order valence-electron chi connectivity index (χ2n) is 8.90. The highest BCUT2D eigenvalue weighted by atomic mass is 32.1. The Bertz CT molecular complexity index is 1380. The Morgan fingerprint density at radius 1 is 1.14 bits per heavy atom. The van der Waals surface area contributed by atoms with Gasteiger partial charge in [-0.3, -0.25) is 4.79 Å². The highest BCUT2D eigenvalue weighted by molar-refractivity contribution is 7.21. The van der Waals surface area contributed by atoms with Crippen LogP contribution < -0.4 is 5.73 Å². The Labute approximate surface area is 203 Å². The molecule has 35 heavy (non-hydrogen) atoms. The predicted octanol–water partition coefficient (Wildman–Crippen LogP) is 5.10. The van der Waals surface area contributed by atoms with Gasteiger partial charge in [0.1, 0.15) is 5.69 Å². The Morgan fingerprint density at radius 2 is 1.86 bits per heavy atom. The zero-order valence-electron chi connectivity index (χ0n) is 18.6. The lowest BCUT2D eigenvalue weighted by Crippen LogP contribution is -2.43. The summed E-state index contributed by atoms with van der Waals surface area (Å²) in [7, 11) is 0. The molecular weight excluding hydrogens is 477 g/mol. The molecule has 1 amide bonds. The van der Waals surface area contributed by atoms with Gasteiger partial charge in [0.05, 0.1) is 17.6 Å². The van der Waals surface area contributed by atoms with E-state index in [2.05, 4.69) is 10.3 Å². The molecule has 0 bridgehead atoms. The molecular formula is C25H23F3N4O2S.